The molecule has 92 valence electrons. The Kier molecular flexibility index (Phi) is 3.52. The summed E-state index contributed by atoms with van der Waals surface area (Å²) in [6, 6.07) is 8.84. The molecule has 0 aliphatic rings. The van der Waals surface area contributed by atoms with Gasteiger partial charge in [-0.15, -0.1) is 0 Å². The summed E-state index contributed by atoms with van der Waals surface area (Å²) in [5, 5.41) is 0. The van der Waals surface area contributed by atoms with E-state index in [-0.39, 0.29) is 0 Å². The summed E-state index contributed by atoms with van der Waals surface area (Å²) in [6.45, 7) is 1.71. The molecule has 1 amide bonds. The van der Waals surface area contributed by atoms with Crippen LogP contribution in [0.5, 0.6) is 11.6 Å². The van der Waals surface area contributed by atoms with Gasteiger partial charge in [0.05, 0.1) is 17.8 Å². The number of pyridine rings is 2. The first-order chi connectivity index (χ1) is 8.66. The van der Waals surface area contributed by atoms with Gasteiger partial charge in [0.2, 0.25) is 11.8 Å². The summed E-state index contributed by atoms with van der Waals surface area (Å²) in [6.07, 6.45) is 3.19. The lowest BCUT2D eigenvalue weighted by Gasteiger charge is -2.08. The van der Waals surface area contributed by atoms with Crippen LogP contribution < -0.4 is 10.5 Å². The van der Waals surface area contributed by atoms with E-state index >= 15 is 0 Å². The van der Waals surface area contributed by atoms with E-state index in [1.807, 2.05) is 12.1 Å². The molecule has 0 bridgehead atoms. The van der Waals surface area contributed by atoms with Crippen LogP contribution in [0.3, 0.4) is 0 Å². The van der Waals surface area contributed by atoms with Crippen molar-refractivity contribution >= 4 is 5.91 Å². The van der Waals surface area contributed by atoms with Crippen LogP contribution in [0.25, 0.3) is 0 Å². The van der Waals surface area contributed by atoms with Crippen LogP contribution in [0.1, 0.15) is 18.5 Å². The number of carbonyl (C=O) groups excluding carboxylic acids is 1. The number of rotatable bonds is 4. The zero-order valence-corrected chi connectivity index (χ0v) is 9.91. The Bertz CT molecular complexity index is 526. The predicted molar refractivity (Wildman–Crippen MR) is 66.2 cm³/mol. The third-order valence-corrected chi connectivity index (χ3v) is 2.49. The van der Waals surface area contributed by atoms with Gasteiger partial charge in [-0.25, -0.2) is 4.98 Å². The van der Waals surface area contributed by atoms with Crippen molar-refractivity contribution in [3.8, 4) is 11.6 Å². The van der Waals surface area contributed by atoms with Gasteiger partial charge in [0.25, 0.3) is 0 Å². The van der Waals surface area contributed by atoms with Crippen molar-refractivity contribution in [1.29, 1.82) is 0 Å². The van der Waals surface area contributed by atoms with Gasteiger partial charge in [-0.05, 0) is 25.1 Å². The molecule has 2 aromatic heterocycles. The van der Waals surface area contributed by atoms with Crippen LogP contribution in [0, 0.1) is 0 Å². The summed E-state index contributed by atoms with van der Waals surface area (Å²) < 4.78 is 5.48. The molecular formula is C13H13N3O2. The third kappa shape index (κ3) is 2.82. The van der Waals surface area contributed by atoms with E-state index in [4.69, 9.17) is 10.5 Å². The summed E-state index contributed by atoms with van der Waals surface area (Å²) >= 11 is 0. The summed E-state index contributed by atoms with van der Waals surface area (Å²) in [5.74, 6) is 0.249. The minimum atomic E-state index is -0.408. The van der Waals surface area contributed by atoms with Gasteiger partial charge in [0.15, 0.2) is 0 Å². The van der Waals surface area contributed by atoms with Gasteiger partial charge in [0, 0.05) is 12.3 Å². The van der Waals surface area contributed by atoms with Crippen LogP contribution in [0.15, 0.2) is 42.7 Å². The van der Waals surface area contributed by atoms with Crippen LogP contribution in [0.4, 0.5) is 0 Å². The van der Waals surface area contributed by atoms with Crippen molar-refractivity contribution in [2.75, 3.05) is 0 Å². The maximum atomic E-state index is 11.0. The molecule has 2 N–H and O–H groups in total. The van der Waals surface area contributed by atoms with E-state index in [1.54, 1.807) is 37.5 Å². The number of amides is 1. The second kappa shape index (κ2) is 5.27. The minimum absolute atomic E-state index is 0.402. The first kappa shape index (κ1) is 12.0. The van der Waals surface area contributed by atoms with Gasteiger partial charge >= 0.3 is 0 Å². The molecular weight excluding hydrogens is 230 g/mol. The molecule has 1 unspecified atom stereocenters. The fourth-order valence-electron chi connectivity index (χ4n) is 1.38. The van der Waals surface area contributed by atoms with Crippen molar-refractivity contribution in [2.24, 2.45) is 5.73 Å². The van der Waals surface area contributed by atoms with E-state index < -0.39 is 11.8 Å². The fraction of sp³-hybridized carbons (Fsp3) is 0.154. The van der Waals surface area contributed by atoms with Gasteiger partial charge in [-0.3, -0.25) is 9.78 Å². The van der Waals surface area contributed by atoms with Crippen LogP contribution in [-0.2, 0) is 4.79 Å². The highest BCUT2D eigenvalue weighted by molar-refractivity contribution is 5.80. The Morgan fingerprint density at radius 2 is 2.11 bits per heavy atom. The Labute approximate surface area is 105 Å². The van der Waals surface area contributed by atoms with E-state index in [9.17, 15) is 4.79 Å². The molecule has 0 saturated heterocycles. The highest BCUT2D eigenvalue weighted by Crippen LogP contribution is 2.20. The van der Waals surface area contributed by atoms with Crippen LogP contribution >= 0.6 is 0 Å². The minimum Gasteiger partial charge on any atom is -0.437 e. The highest BCUT2D eigenvalue weighted by atomic mass is 16.5. The Hall–Kier alpha value is -2.43. The Morgan fingerprint density at radius 1 is 1.28 bits per heavy atom. The van der Waals surface area contributed by atoms with Gasteiger partial charge in [-0.1, -0.05) is 6.07 Å². The average Bonchev–Trinajstić information content (AvgIpc) is 2.40. The van der Waals surface area contributed by atoms with Crippen molar-refractivity contribution in [3.63, 3.8) is 0 Å². The standard InChI is InChI=1S/C13H13N3O2/c1-9(13(14)17)11-6-5-10(8-16-11)18-12-4-2-3-7-15-12/h2-9H,1H3,(H2,14,17). The highest BCUT2D eigenvalue weighted by Gasteiger charge is 2.12. The lowest BCUT2D eigenvalue weighted by atomic mass is 10.1. The zero-order valence-electron chi connectivity index (χ0n) is 9.91. The second-order valence-corrected chi connectivity index (χ2v) is 3.81. The molecule has 0 aromatic carbocycles. The Morgan fingerprint density at radius 3 is 2.67 bits per heavy atom. The maximum absolute atomic E-state index is 11.0. The lowest BCUT2D eigenvalue weighted by molar-refractivity contribution is -0.119. The number of nitrogens with two attached hydrogens (primary N) is 1. The molecule has 0 fully saturated rings. The third-order valence-electron chi connectivity index (χ3n) is 2.49. The van der Waals surface area contributed by atoms with Crippen LogP contribution in [0.2, 0.25) is 0 Å². The van der Waals surface area contributed by atoms with Crippen molar-refractivity contribution in [1.82, 2.24) is 9.97 Å². The lowest BCUT2D eigenvalue weighted by Crippen LogP contribution is -2.19. The predicted octanol–water partition coefficient (Wildman–Crippen LogP) is 1.86. The van der Waals surface area contributed by atoms with E-state index in [0.29, 0.717) is 17.3 Å². The summed E-state index contributed by atoms with van der Waals surface area (Å²) in [4.78, 5) is 19.2. The first-order valence-corrected chi connectivity index (χ1v) is 5.51. The Balaban J connectivity index is 2.11. The second-order valence-electron chi connectivity index (χ2n) is 3.81. The number of ether oxygens (including phenoxy) is 1. The molecule has 0 spiro atoms. The zero-order chi connectivity index (χ0) is 13.0. The van der Waals surface area contributed by atoms with Crippen molar-refractivity contribution < 1.29 is 9.53 Å². The summed E-state index contributed by atoms with van der Waals surface area (Å²) in [5.41, 5.74) is 5.83. The largest absolute Gasteiger partial charge is 0.437 e. The van der Waals surface area contributed by atoms with Crippen molar-refractivity contribution in [2.45, 2.75) is 12.8 Å². The molecule has 2 rings (SSSR count). The van der Waals surface area contributed by atoms with Gasteiger partial charge < -0.3 is 10.5 Å². The van der Waals surface area contributed by atoms with Gasteiger partial charge in [-0.2, -0.15) is 0 Å². The molecule has 0 aliphatic carbocycles. The number of primary amides is 1. The molecule has 5 nitrogen and oxygen atoms in total. The number of nitrogens with zero attached hydrogens (tertiary/aromatic N) is 2. The monoisotopic (exact) mass is 243 g/mol. The average molecular weight is 243 g/mol. The number of hydrogen-bond acceptors (Lipinski definition) is 4. The molecule has 1 atom stereocenters. The topological polar surface area (TPSA) is 78.1 Å². The van der Waals surface area contributed by atoms with Crippen LogP contribution in [-0.4, -0.2) is 15.9 Å². The molecule has 5 heteroatoms. The molecule has 0 aliphatic heterocycles. The quantitative estimate of drug-likeness (QED) is 0.888. The normalized spacial score (nSPS) is 11.8. The SMILES string of the molecule is CC(C(N)=O)c1ccc(Oc2ccccn2)cn1. The first-order valence-electron chi connectivity index (χ1n) is 5.51. The van der Waals surface area contributed by atoms with Crippen molar-refractivity contribution in [3.05, 3.63) is 48.4 Å². The number of hydrogen-bond donors (Lipinski definition) is 1. The molecule has 2 heterocycles. The maximum Gasteiger partial charge on any atom is 0.226 e. The molecule has 0 saturated carbocycles. The van der Waals surface area contributed by atoms with E-state index in [0.717, 1.165) is 0 Å². The van der Waals surface area contributed by atoms with Gasteiger partial charge in [0.1, 0.15) is 5.75 Å². The number of carbonyl (C=O) groups is 1. The number of aromatic nitrogens is 2. The molecule has 2 aromatic rings. The molecule has 0 radical (unpaired) electrons. The fourth-order valence-corrected chi connectivity index (χ4v) is 1.38. The van der Waals surface area contributed by atoms with E-state index in [2.05, 4.69) is 9.97 Å². The smallest absolute Gasteiger partial charge is 0.226 e. The summed E-state index contributed by atoms with van der Waals surface area (Å²) in [7, 11) is 0. The molecule has 18 heavy (non-hydrogen) atoms. The van der Waals surface area contributed by atoms with E-state index in [1.165, 1.54) is 0 Å².